The lowest BCUT2D eigenvalue weighted by atomic mass is 10.0. The number of carboxylic acids is 1. The van der Waals surface area contributed by atoms with Gasteiger partial charge in [-0.2, -0.15) is 8.78 Å². The van der Waals surface area contributed by atoms with Gasteiger partial charge in [0.2, 0.25) is 0 Å². The highest BCUT2D eigenvalue weighted by Gasteiger charge is 2.27. The van der Waals surface area contributed by atoms with Crippen LogP contribution in [0.4, 0.5) is 8.78 Å². The first kappa shape index (κ1) is 15.7. The minimum absolute atomic E-state index is 0.0235. The van der Waals surface area contributed by atoms with Gasteiger partial charge in [0, 0.05) is 19.6 Å². The molecule has 1 atom stereocenters. The fourth-order valence-electron chi connectivity index (χ4n) is 2.47. The van der Waals surface area contributed by atoms with Crippen LogP contribution in [-0.4, -0.2) is 48.8 Å². The summed E-state index contributed by atoms with van der Waals surface area (Å²) in [5.41, 5.74) is 0.561. The SMILES string of the molecule is O=C(O)C(c1ccc(OC(F)F)cc1)N1CCCNCC1. The molecule has 1 aliphatic rings. The Balaban J connectivity index is 2.15. The zero-order valence-corrected chi connectivity index (χ0v) is 11.5. The van der Waals surface area contributed by atoms with Crippen LogP contribution < -0.4 is 10.1 Å². The summed E-state index contributed by atoms with van der Waals surface area (Å²) in [7, 11) is 0. The van der Waals surface area contributed by atoms with Gasteiger partial charge in [-0.05, 0) is 30.7 Å². The number of hydrogen-bond acceptors (Lipinski definition) is 4. The summed E-state index contributed by atoms with van der Waals surface area (Å²) < 4.78 is 28.5. The van der Waals surface area contributed by atoms with Gasteiger partial charge in [0.1, 0.15) is 11.8 Å². The van der Waals surface area contributed by atoms with Gasteiger partial charge in [0.15, 0.2) is 0 Å². The Morgan fingerprint density at radius 2 is 1.95 bits per heavy atom. The number of ether oxygens (including phenoxy) is 1. The maximum Gasteiger partial charge on any atom is 0.387 e. The molecule has 1 unspecified atom stereocenters. The maximum absolute atomic E-state index is 12.1. The van der Waals surface area contributed by atoms with Crippen molar-refractivity contribution >= 4 is 5.97 Å². The molecule has 1 heterocycles. The zero-order chi connectivity index (χ0) is 15.2. The van der Waals surface area contributed by atoms with Gasteiger partial charge in [0.25, 0.3) is 0 Å². The highest BCUT2D eigenvalue weighted by Crippen LogP contribution is 2.24. The molecule has 1 aliphatic heterocycles. The quantitative estimate of drug-likeness (QED) is 0.867. The zero-order valence-electron chi connectivity index (χ0n) is 11.5. The highest BCUT2D eigenvalue weighted by atomic mass is 19.3. The molecule has 2 N–H and O–H groups in total. The Kier molecular flexibility index (Phi) is 5.46. The number of nitrogens with zero attached hydrogens (tertiary/aromatic N) is 1. The molecular formula is C14H18F2N2O3. The summed E-state index contributed by atoms with van der Waals surface area (Å²) in [4.78, 5) is 13.4. The van der Waals surface area contributed by atoms with E-state index in [1.54, 1.807) is 0 Å². The number of hydrogen-bond donors (Lipinski definition) is 2. The van der Waals surface area contributed by atoms with Crippen molar-refractivity contribution in [1.29, 1.82) is 0 Å². The maximum atomic E-state index is 12.1. The summed E-state index contributed by atoms with van der Waals surface area (Å²) in [6.07, 6.45) is 0.871. The van der Waals surface area contributed by atoms with E-state index >= 15 is 0 Å². The summed E-state index contributed by atoms with van der Waals surface area (Å²) in [5.74, 6) is -0.921. The molecule has 0 saturated carbocycles. The van der Waals surface area contributed by atoms with E-state index < -0.39 is 18.6 Å². The van der Waals surface area contributed by atoms with Crippen molar-refractivity contribution in [3.05, 3.63) is 29.8 Å². The first-order valence-corrected chi connectivity index (χ1v) is 6.80. The van der Waals surface area contributed by atoms with E-state index in [4.69, 9.17) is 0 Å². The number of halogens is 2. The lowest BCUT2D eigenvalue weighted by Gasteiger charge is -2.27. The van der Waals surface area contributed by atoms with E-state index in [9.17, 15) is 18.7 Å². The number of alkyl halides is 2. The topological polar surface area (TPSA) is 61.8 Å². The van der Waals surface area contributed by atoms with Crippen molar-refractivity contribution in [3.8, 4) is 5.75 Å². The molecule has 1 saturated heterocycles. The van der Waals surface area contributed by atoms with Crippen molar-refractivity contribution in [2.75, 3.05) is 26.2 Å². The summed E-state index contributed by atoms with van der Waals surface area (Å²) in [5, 5.41) is 12.7. The summed E-state index contributed by atoms with van der Waals surface area (Å²) in [6.45, 7) is 0.0223. The monoisotopic (exact) mass is 300 g/mol. The molecule has 1 fully saturated rings. The molecule has 0 bridgehead atoms. The molecule has 0 radical (unpaired) electrons. The van der Waals surface area contributed by atoms with E-state index in [0.29, 0.717) is 18.7 Å². The fourth-order valence-corrected chi connectivity index (χ4v) is 2.47. The Labute approximate surface area is 121 Å². The number of carboxylic acid groups (broad SMARTS) is 1. The molecule has 5 nitrogen and oxygen atoms in total. The molecular weight excluding hydrogens is 282 g/mol. The highest BCUT2D eigenvalue weighted by molar-refractivity contribution is 5.75. The third kappa shape index (κ3) is 4.37. The third-order valence-corrected chi connectivity index (χ3v) is 3.39. The second-order valence-corrected chi connectivity index (χ2v) is 4.83. The molecule has 116 valence electrons. The second-order valence-electron chi connectivity index (χ2n) is 4.83. The van der Waals surface area contributed by atoms with Crippen LogP contribution in [0.3, 0.4) is 0 Å². The van der Waals surface area contributed by atoms with E-state index in [1.807, 2.05) is 4.90 Å². The standard InChI is InChI=1S/C14H18F2N2O3/c15-14(16)21-11-4-2-10(3-5-11)12(13(19)20)18-8-1-6-17-7-9-18/h2-5,12,14,17H,1,6-9H2,(H,19,20). The molecule has 7 heteroatoms. The minimum Gasteiger partial charge on any atom is -0.480 e. The number of carbonyl (C=O) groups is 1. The normalized spacial score (nSPS) is 18.2. The average molecular weight is 300 g/mol. The van der Waals surface area contributed by atoms with Crippen LogP contribution in [0, 0.1) is 0 Å². The number of aliphatic carboxylic acids is 1. The van der Waals surface area contributed by atoms with Crippen molar-refractivity contribution in [2.45, 2.75) is 19.1 Å². The van der Waals surface area contributed by atoms with Gasteiger partial charge >= 0.3 is 12.6 Å². The minimum atomic E-state index is -2.89. The molecule has 1 aromatic carbocycles. The molecule has 0 aliphatic carbocycles. The van der Waals surface area contributed by atoms with Crippen LogP contribution in [0.5, 0.6) is 5.75 Å². The lowest BCUT2D eigenvalue weighted by molar-refractivity contribution is -0.143. The van der Waals surface area contributed by atoms with Gasteiger partial charge in [-0.1, -0.05) is 12.1 Å². The van der Waals surface area contributed by atoms with Gasteiger partial charge in [-0.15, -0.1) is 0 Å². The van der Waals surface area contributed by atoms with Crippen LogP contribution in [0.25, 0.3) is 0 Å². The van der Waals surface area contributed by atoms with Crippen LogP contribution in [0.1, 0.15) is 18.0 Å². The Hall–Kier alpha value is -1.73. The molecule has 0 spiro atoms. The predicted octanol–water partition coefficient (Wildman–Crippen LogP) is 1.71. The summed E-state index contributed by atoms with van der Waals surface area (Å²) >= 11 is 0. The number of benzene rings is 1. The van der Waals surface area contributed by atoms with Gasteiger partial charge < -0.3 is 15.2 Å². The number of nitrogens with one attached hydrogen (secondary N) is 1. The summed E-state index contributed by atoms with van der Waals surface area (Å²) in [6, 6.07) is 5.01. The van der Waals surface area contributed by atoms with Crippen molar-refractivity contribution in [2.24, 2.45) is 0 Å². The average Bonchev–Trinajstić information content (AvgIpc) is 2.69. The Morgan fingerprint density at radius 3 is 2.57 bits per heavy atom. The van der Waals surface area contributed by atoms with E-state index in [2.05, 4.69) is 10.1 Å². The molecule has 0 aromatic heterocycles. The van der Waals surface area contributed by atoms with E-state index in [1.165, 1.54) is 24.3 Å². The van der Waals surface area contributed by atoms with Crippen molar-refractivity contribution in [1.82, 2.24) is 10.2 Å². The van der Waals surface area contributed by atoms with Crippen LogP contribution in [-0.2, 0) is 4.79 Å². The van der Waals surface area contributed by atoms with Gasteiger partial charge in [-0.3, -0.25) is 9.69 Å². The van der Waals surface area contributed by atoms with Crippen molar-refractivity contribution in [3.63, 3.8) is 0 Å². The smallest absolute Gasteiger partial charge is 0.387 e. The molecule has 21 heavy (non-hydrogen) atoms. The lowest BCUT2D eigenvalue weighted by Crippen LogP contribution is -2.36. The van der Waals surface area contributed by atoms with Crippen LogP contribution in [0.2, 0.25) is 0 Å². The number of rotatable bonds is 5. The first-order valence-electron chi connectivity index (χ1n) is 6.80. The second kappa shape index (κ2) is 7.33. The third-order valence-electron chi connectivity index (χ3n) is 3.39. The molecule has 0 amide bonds. The van der Waals surface area contributed by atoms with Crippen LogP contribution >= 0.6 is 0 Å². The first-order chi connectivity index (χ1) is 10.1. The Bertz CT molecular complexity index is 460. The molecule has 1 aromatic rings. The Morgan fingerprint density at radius 1 is 1.24 bits per heavy atom. The van der Waals surface area contributed by atoms with Crippen LogP contribution in [0.15, 0.2) is 24.3 Å². The van der Waals surface area contributed by atoms with Gasteiger partial charge in [-0.25, -0.2) is 0 Å². The largest absolute Gasteiger partial charge is 0.480 e. The fraction of sp³-hybridized carbons (Fsp3) is 0.500. The predicted molar refractivity (Wildman–Crippen MR) is 72.5 cm³/mol. The van der Waals surface area contributed by atoms with E-state index in [-0.39, 0.29) is 5.75 Å². The van der Waals surface area contributed by atoms with Gasteiger partial charge in [0.05, 0.1) is 0 Å². The van der Waals surface area contributed by atoms with Crippen molar-refractivity contribution < 1.29 is 23.4 Å². The molecule has 2 rings (SSSR count). The van der Waals surface area contributed by atoms with E-state index in [0.717, 1.165) is 19.5 Å².